The minimum absolute atomic E-state index is 0.0302. The van der Waals surface area contributed by atoms with Gasteiger partial charge in [-0.15, -0.1) is 0 Å². The second kappa shape index (κ2) is 8.13. The van der Waals surface area contributed by atoms with Crippen LogP contribution in [0.15, 0.2) is 71.3 Å². The lowest BCUT2D eigenvalue weighted by molar-refractivity contribution is -0.119. The summed E-state index contributed by atoms with van der Waals surface area (Å²) in [5.41, 5.74) is 8.17. The topological polar surface area (TPSA) is 85.3 Å². The van der Waals surface area contributed by atoms with Crippen molar-refractivity contribution in [2.45, 2.75) is 39.2 Å². The Labute approximate surface area is 186 Å². The third kappa shape index (κ3) is 4.04. The summed E-state index contributed by atoms with van der Waals surface area (Å²) in [6, 6.07) is 17.0. The van der Waals surface area contributed by atoms with Crippen molar-refractivity contribution in [1.82, 2.24) is 0 Å². The zero-order valence-corrected chi connectivity index (χ0v) is 18.2. The second-order valence-corrected chi connectivity index (χ2v) is 9.03. The third-order valence-electron chi connectivity index (χ3n) is 5.65. The molecule has 31 heavy (non-hydrogen) atoms. The van der Waals surface area contributed by atoms with Gasteiger partial charge in [0.25, 0.3) is 0 Å². The number of ketones is 1. The number of nitriles is 1. The summed E-state index contributed by atoms with van der Waals surface area (Å²) in [6.07, 6.45) is 0.958. The highest BCUT2D eigenvalue weighted by molar-refractivity contribution is 6.31. The van der Waals surface area contributed by atoms with Gasteiger partial charge in [0, 0.05) is 34.6 Å². The molecular weight excluding hydrogens is 412 g/mol. The molecule has 1 atom stereocenters. The number of ether oxygens (including phenoxy) is 2. The van der Waals surface area contributed by atoms with E-state index < -0.39 is 5.92 Å². The highest BCUT2D eigenvalue weighted by Gasteiger charge is 2.43. The Balaban J connectivity index is 1.77. The van der Waals surface area contributed by atoms with Crippen molar-refractivity contribution in [3.63, 3.8) is 0 Å². The molecule has 0 unspecified atom stereocenters. The molecule has 158 valence electrons. The van der Waals surface area contributed by atoms with Crippen molar-refractivity contribution in [3.8, 4) is 11.8 Å². The quantitative estimate of drug-likeness (QED) is 0.699. The number of hydrogen-bond donors (Lipinski definition) is 1. The highest BCUT2D eigenvalue weighted by Crippen LogP contribution is 2.49. The molecule has 2 aromatic rings. The van der Waals surface area contributed by atoms with Gasteiger partial charge in [-0.1, -0.05) is 61.8 Å². The molecule has 1 aliphatic carbocycles. The number of carbonyl (C=O) groups excluding carboxylic acids is 1. The number of allylic oxidation sites excluding steroid dienone is 3. The van der Waals surface area contributed by atoms with Crippen LogP contribution in [0.3, 0.4) is 0 Å². The highest BCUT2D eigenvalue weighted by atomic mass is 35.5. The first-order valence-corrected chi connectivity index (χ1v) is 10.5. The fourth-order valence-corrected chi connectivity index (χ4v) is 4.41. The minimum Gasteiger partial charge on any atom is -0.489 e. The molecule has 0 spiro atoms. The summed E-state index contributed by atoms with van der Waals surface area (Å²) < 4.78 is 11.9. The van der Waals surface area contributed by atoms with Crippen LogP contribution in [0.4, 0.5) is 0 Å². The monoisotopic (exact) mass is 434 g/mol. The summed E-state index contributed by atoms with van der Waals surface area (Å²) in [4.78, 5) is 13.2. The van der Waals surface area contributed by atoms with E-state index >= 15 is 0 Å². The van der Waals surface area contributed by atoms with E-state index in [0.29, 0.717) is 40.5 Å². The molecule has 6 heteroatoms. The lowest BCUT2D eigenvalue weighted by Gasteiger charge is -2.37. The van der Waals surface area contributed by atoms with Gasteiger partial charge in [-0.25, -0.2) is 0 Å². The Morgan fingerprint density at radius 1 is 1.19 bits per heavy atom. The van der Waals surface area contributed by atoms with E-state index in [1.165, 1.54) is 0 Å². The number of para-hydroxylation sites is 1. The molecule has 0 saturated heterocycles. The zero-order valence-electron chi connectivity index (χ0n) is 17.4. The maximum atomic E-state index is 13.2. The molecule has 0 aromatic heterocycles. The van der Waals surface area contributed by atoms with Crippen LogP contribution in [-0.2, 0) is 16.1 Å². The van der Waals surface area contributed by atoms with Crippen molar-refractivity contribution < 1.29 is 14.3 Å². The Morgan fingerprint density at radius 2 is 1.90 bits per heavy atom. The van der Waals surface area contributed by atoms with Crippen LogP contribution in [-0.4, -0.2) is 5.78 Å². The molecule has 1 heterocycles. The average Bonchev–Trinajstić information content (AvgIpc) is 2.71. The van der Waals surface area contributed by atoms with Crippen LogP contribution >= 0.6 is 11.6 Å². The van der Waals surface area contributed by atoms with Crippen molar-refractivity contribution in [2.75, 3.05) is 0 Å². The van der Waals surface area contributed by atoms with Gasteiger partial charge in [0.15, 0.2) is 5.78 Å². The minimum atomic E-state index is -0.625. The molecule has 0 radical (unpaired) electrons. The summed E-state index contributed by atoms with van der Waals surface area (Å²) >= 11 is 6.26. The van der Waals surface area contributed by atoms with Gasteiger partial charge in [-0.2, -0.15) is 5.26 Å². The van der Waals surface area contributed by atoms with Gasteiger partial charge in [-0.3, -0.25) is 4.79 Å². The molecule has 0 bridgehead atoms. The van der Waals surface area contributed by atoms with Crippen LogP contribution in [0.25, 0.3) is 0 Å². The van der Waals surface area contributed by atoms with Crippen LogP contribution in [0, 0.1) is 16.7 Å². The fraction of sp³-hybridized carbons (Fsp3) is 0.280. The molecule has 2 aromatic carbocycles. The van der Waals surface area contributed by atoms with E-state index in [-0.39, 0.29) is 29.3 Å². The normalized spacial score (nSPS) is 20.1. The van der Waals surface area contributed by atoms with Gasteiger partial charge in [0.05, 0.1) is 5.92 Å². The first-order valence-electron chi connectivity index (χ1n) is 10.1. The van der Waals surface area contributed by atoms with Gasteiger partial charge in [-0.05, 0) is 17.5 Å². The van der Waals surface area contributed by atoms with Crippen molar-refractivity contribution in [3.05, 3.63) is 87.5 Å². The van der Waals surface area contributed by atoms with Gasteiger partial charge >= 0.3 is 0 Å². The van der Waals surface area contributed by atoms with Crippen LogP contribution in [0.5, 0.6) is 5.75 Å². The summed E-state index contributed by atoms with van der Waals surface area (Å²) in [6.45, 7) is 4.30. The molecule has 0 amide bonds. The van der Waals surface area contributed by atoms with Crippen molar-refractivity contribution >= 4 is 17.4 Å². The van der Waals surface area contributed by atoms with Gasteiger partial charge < -0.3 is 15.2 Å². The lowest BCUT2D eigenvalue weighted by Crippen LogP contribution is -2.33. The molecular formula is C25H23ClN2O3. The number of carbonyl (C=O) groups is 1. The molecule has 4 rings (SSSR count). The number of benzene rings is 2. The SMILES string of the molecule is CC1(C)CC(=O)C2=C(C1)OC(N)=C(C#N)[C@H]2c1ccccc1OCc1ccccc1Cl. The maximum Gasteiger partial charge on any atom is 0.205 e. The molecule has 5 nitrogen and oxygen atoms in total. The van der Waals surface area contributed by atoms with Crippen molar-refractivity contribution in [1.29, 1.82) is 5.26 Å². The summed E-state index contributed by atoms with van der Waals surface area (Å²) in [5, 5.41) is 10.5. The third-order valence-corrected chi connectivity index (χ3v) is 6.02. The van der Waals surface area contributed by atoms with E-state index in [2.05, 4.69) is 6.07 Å². The first kappa shape index (κ1) is 21.0. The fourth-order valence-electron chi connectivity index (χ4n) is 4.22. The number of hydrogen-bond acceptors (Lipinski definition) is 5. The Bertz CT molecular complexity index is 1160. The molecule has 0 fully saturated rings. The Morgan fingerprint density at radius 3 is 2.65 bits per heavy atom. The summed E-state index contributed by atoms with van der Waals surface area (Å²) in [5.74, 6) is 0.498. The summed E-state index contributed by atoms with van der Waals surface area (Å²) in [7, 11) is 0. The largest absolute Gasteiger partial charge is 0.489 e. The Hall–Kier alpha value is -3.23. The predicted octanol–water partition coefficient (Wildman–Crippen LogP) is 5.37. The molecule has 2 N–H and O–H groups in total. The van der Waals surface area contributed by atoms with Crippen molar-refractivity contribution in [2.24, 2.45) is 11.1 Å². The number of rotatable bonds is 4. The van der Waals surface area contributed by atoms with Gasteiger partial charge in [0.2, 0.25) is 5.88 Å². The predicted molar refractivity (Wildman–Crippen MR) is 118 cm³/mol. The van der Waals surface area contributed by atoms with E-state index in [0.717, 1.165) is 5.56 Å². The number of Topliss-reactive ketones (excluding diaryl/α,β-unsaturated/α-hetero) is 1. The standard InChI is InChI=1S/C25H23ClN2O3/c1-25(2)11-19(29)23-21(12-25)31-24(28)17(13-27)22(23)16-8-4-6-10-20(16)30-14-15-7-3-5-9-18(15)26/h3-10,22H,11-12,14,28H2,1-2H3/t22-/m1/s1. The lowest BCUT2D eigenvalue weighted by atomic mass is 9.70. The number of nitrogens with zero attached hydrogens (tertiary/aromatic N) is 1. The second-order valence-electron chi connectivity index (χ2n) is 8.62. The van der Waals surface area contributed by atoms with E-state index in [9.17, 15) is 10.1 Å². The molecule has 0 saturated carbocycles. The van der Waals surface area contributed by atoms with E-state index in [1.54, 1.807) is 6.07 Å². The number of halogens is 1. The average molecular weight is 435 g/mol. The van der Waals surface area contributed by atoms with E-state index in [4.69, 9.17) is 26.8 Å². The maximum absolute atomic E-state index is 13.2. The Kier molecular flexibility index (Phi) is 5.51. The first-order chi connectivity index (χ1) is 14.8. The molecule has 2 aliphatic rings. The van der Waals surface area contributed by atoms with Gasteiger partial charge in [0.1, 0.15) is 29.8 Å². The number of nitrogens with two attached hydrogens (primary N) is 1. The van der Waals surface area contributed by atoms with Crippen LogP contribution < -0.4 is 10.5 Å². The smallest absolute Gasteiger partial charge is 0.205 e. The van der Waals surface area contributed by atoms with Crippen LogP contribution in [0.2, 0.25) is 5.02 Å². The zero-order chi connectivity index (χ0) is 22.2. The van der Waals surface area contributed by atoms with E-state index in [1.807, 2.05) is 56.3 Å². The molecule has 1 aliphatic heterocycles. The van der Waals surface area contributed by atoms with Crippen LogP contribution in [0.1, 0.15) is 43.7 Å².